The Hall–Kier alpha value is -1.86. The minimum absolute atomic E-state index is 0.0385. The van der Waals surface area contributed by atoms with Gasteiger partial charge in [-0.3, -0.25) is 4.79 Å². The lowest BCUT2D eigenvalue weighted by molar-refractivity contribution is -0.152. The molecular formula is C25H33O3P. The standard InChI is InChI=1S/C25H33O3P/c1-18(2)21-15-14-19(3)16-23(21)28-25(26)17-29(20-10-6-5-7-11-20)24-13-9-8-12-22(24)27-4/h5-13,18-19,21,23H,14-17H2,1-4H3/t19-,21+,23-,29?/m1/s1. The fourth-order valence-electron chi connectivity index (χ4n) is 4.36. The Morgan fingerprint density at radius 3 is 2.45 bits per heavy atom. The third-order valence-corrected chi connectivity index (χ3v) is 8.42. The normalized spacial score (nSPS) is 22.9. The Morgan fingerprint density at radius 2 is 1.76 bits per heavy atom. The van der Waals surface area contributed by atoms with Gasteiger partial charge in [0, 0.05) is 5.30 Å². The first kappa shape index (κ1) is 21.8. The summed E-state index contributed by atoms with van der Waals surface area (Å²) < 4.78 is 11.7. The molecule has 0 aliphatic heterocycles. The Bertz CT molecular complexity index is 790. The number of ether oxygens (including phenoxy) is 2. The predicted octanol–water partition coefficient (Wildman–Crippen LogP) is 5.13. The third kappa shape index (κ3) is 5.60. The van der Waals surface area contributed by atoms with Crippen LogP contribution in [0.1, 0.15) is 40.0 Å². The quantitative estimate of drug-likeness (QED) is 0.467. The lowest BCUT2D eigenvalue weighted by Gasteiger charge is -2.37. The Kier molecular flexibility index (Phi) is 7.72. The summed E-state index contributed by atoms with van der Waals surface area (Å²) in [5, 5.41) is 2.26. The number of hydrogen-bond acceptors (Lipinski definition) is 3. The van der Waals surface area contributed by atoms with Crippen LogP contribution in [0.15, 0.2) is 54.6 Å². The van der Waals surface area contributed by atoms with Crippen LogP contribution in [0.2, 0.25) is 0 Å². The molecule has 4 atom stereocenters. The predicted molar refractivity (Wildman–Crippen MR) is 122 cm³/mol. The molecule has 2 aromatic rings. The SMILES string of the molecule is COc1ccccc1P(CC(=O)O[C@@H]1C[C@H](C)CC[C@H]1C(C)C)c1ccccc1. The molecule has 1 fully saturated rings. The summed E-state index contributed by atoms with van der Waals surface area (Å²) in [6, 6.07) is 18.3. The largest absolute Gasteiger partial charge is 0.496 e. The molecule has 1 unspecified atom stereocenters. The third-order valence-electron chi connectivity index (χ3n) is 5.98. The van der Waals surface area contributed by atoms with Gasteiger partial charge in [-0.05, 0) is 49.9 Å². The summed E-state index contributed by atoms with van der Waals surface area (Å²) in [7, 11) is 0.803. The zero-order valence-electron chi connectivity index (χ0n) is 18.0. The van der Waals surface area contributed by atoms with Crippen molar-refractivity contribution >= 4 is 24.5 Å². The highest BCUT2D eigenvalue weighted by molar-refractivity contribution is 7.73. The first-order valence-corrected chi connectivity index (χ1v) is 12.2. The molecule has 3 nitrogen and oxygen atoms in total. The molecule has 0 radical (unpaired) electrons. The number of carbonyl (C=O) groups is 1. The molecule has 0 saturated heterocycles. The monoisotopic (exact) mass is 412 g/mol. The zero-order valence-corrected chi connectivity index (χ0v) is 18.9. The number of benzene rings is 2. The smallest absolute Gasteiger partial charge is 0.311 e. The van der Waals surface area contributed by atoms with E-state index in [-0.39, 0.29) is 12.1 Å². The molecule has 2 aromatic carbocycles. The summed E-state index contributed by atoms with van der Waals surface area (Å²) in [6.07, 6.45) is 3.78. The van der Waals surface area contributed by atoms with E-state index in [0.29, 0.717) is 23.9 Å². The number of rotatable bonds is 7. The topological polar surface area (TPSA) is 35.5 Å². The van der Waals surface area contributed by atoms with Gasteiger partial charge < -0.3 is 9.47 Å². The van der Waals surface area contributed by atoms with Crippen molar-refractivity contribution in [3.63, 3.8) is 0 Å². The van der Waals surface area contributed by atoms with Gasteiger partial charge in [-0.25, -0.2) is 0 Å². The second kappa shape index (κ2) is 10.3. The molecule has 0 aromatic heterocycles. The van der Waals surface area contributed by atoms with Crippen molar-refractivity contribution in [3.8, 4) is 5.75 Å². The van der Waals surface area contributed by atoms with Crippen LogP contribution in [0, 0.1) is 17.8 Å². The molecule has 0 bridgehead atoms. The molecular weight excluding hydrogens is 379 g/mol. The van der Waals surface area contributed by atoms with Gasteiger partial charge in [0.1, 0.15) is 11.9 Å². The number of carbonyl (C=O) groups excluding carboxylic acids is 1. The maximum absolute atomic E-state index is 13.1. The first-order valence-electron chi connectivity index (χ1n) is 10.6. The number of esters is 1. The van der Waals surface area contributed by atoms with E-state index in [1.807, 2.05) is 36.4 Å². The van der Waals surface area contributed by atoms with Gasteiger partial charge in [0.25, 0.3) is 0 Å². The van der Waals surface area contributed by atoms with Gasteiger partial charge in [0.2, 0.25) is 0 Å². The molecule has 156 valence electrons. The molecule has 0 heterocycles. The highest BCUT2D eigenvalue weighted by atomic mass is 31.1. The maximum Gasteiger partial charge on any atom is 0.311 e. The van der Waals surface area contributed by atoms with Gasteiger partial charge in [0.05, 0.1) is 13.3 Å². The van der Waals surface area contributed by atoms with Crippen LogP contribution in [0.25, 0.3) is 0 Å². The van der Waals surface area contributed by atoms with Crippen molar-refractivity contribution in [1.82, 2.24) is 0 Å². The fraction of sp³-hybridized carbons (Fsp3) is 0.480. The molecule has 29 heavy (non-hydrogen) atoms. The van der Waals surface area contributed by atoms with E-state index in [9.17, 15) is 4.79 Å². The van der Waals surface area contributed by atoms with E-state index in [0.717, 1.165) is 23.9 Å². The summed E-state index contributed by atoms with van der Waals surface area (Å²) in [5.41, 5.74) is 0. The number of methoxy groups -OCH3 is 1. The Balaban J connectivity index is 1.81. The summed E-state index contributed by atoms with van der Waals surface area (Å²) in [4.78, 5) is 13.1. The Morgan fingerprint density at radius 1 is 1.07 bits per heavy atom. The van der Waals surface area contributed by atoms with E-state index in [1.165, 1.54) is 11.7 Å². The Labute approximate surface area is 176 Å². The molecule has 3 rings (SSSR count). The van der Waals surface area contributed by atoms with Crippen LogP contribution in [0.4, 0.5) is 0 Å². The van der Waals surface area contributed by atoms with Crippen molar-refractivity contribution in [1.29, 1.82) is 0 Å². The van der Waals surface area contributed by atoms with Gasteiger partial charge >= 0.3 is 5.97 Å². The second-order valence-electron chi connectivity index (χ2n) is 8.45. The van der Waals surface area contributed by atoms with E-state index in [4.69, 9.17) is 9.47 Å². The zero-order chi connectivity index (χ0) is 20.8. The van der Waals surface area contributed by atoms with Gasteiger partial charge in [-0.1, -0.05) is 75.7 Å². The summed E-state index contributed by atoms with van der Waals surface area (Å²) in [6.45, 7) is 6.75. The van der Waals surface area contributed by atoms with Crippen molar-refractivity contribution < 1.29 is 14.3 Å². The van der Waals surface area contributed by atoms with Crippen molar-refractivity contribution in [3.05, 3.63) is 54.6 Å². The molecule has 1 aliphatic carbocycles. The molecule has 1 aliphatic rings. The average Bonchev–Trinajstić information content (AvgIpc) is 2.72. The van der Waals surface area contributed by atoms with Crippen LogP contribution >= 0.6 is 7.92 Å². The maximum atomic E-state index is 13.1. The first-order chi connectivity index (χ1) is 14.0. The minimum Gasteiger partial charge on any atom is -0.496 e. The molecule has 0 spiro atoms. The van der Waals surface area contributed by atoms with Crippen molar-refractivity contribution in [2.45, 2.75) is 46.1 Å². The van der Waals surface area contributed by atoms with Crippen LogP contribution in [0.3, 0.4) is 0 Å². The summed E-state index contributed by atoms with van der Waals surface area (Å²) in [5.74, 6) is 2.36. The van der Waals surface area contributed by atoms with E-state index < -0.39 is 7.92 Å². The summed E-state index contributed by atoms with van der Waals surface area (Å²) >= 11 is 0. The molecule has 0 amide bonds. The van der Waals surface area contributed by atoms with Crippen LogP contribution in [-0.4, -0.2) is 25.3 Å². The number of para-hydroxylation sites is 1. The van der Waals surface area contributed by atoms with Crippen LogP contribution in [0.5, 0.6) is 5.75 Å². The minimum atomic E-state index is -0.884. The van der Waals surface area contributed by atoms with Crippen LogP contribution < -0.4 is 15.3 Å². The van der Waals surface area contributed by atoms with Gasteiger partial charge in [0.15, 0.2) is 0 Å². The lowest BCUT2D eigenvalue weighted by atomic mass is 9.75. The lowest BCUT2D eigenvalue weighted by Crippen LogP contribution is -2.36. The number of hydrogen-bond donors (Lipinski definition) is 0. The van der Waals surface area contributed by atoms with Crippen molar-refractivity contribution in [2.75, 3.05) is 13.3 Å². The van der Waals surface area contributed by atoms with Gasteiger partial charge in [-0.15, -0.1) is 0 Å². The molecule has 1 saturated carbocycles. The van der Waals surface area contributed by atoms with E-state index in [1.54, 1.807) is 7.11 Å². The molecule has 0 N–H and O–H groups in total. The molecule has 4 heteroatoms. The highest BCUT2D eigenvalue weighted by Gasteiger charge is 2.34. The van der Waals surface area contributed by atoms with Gasteiger partial charge in [-0.2, -0.15) is 0 Å². The highest BCUT2D eigenvalue weighted by Crippen LogP contribution is 2.39. The van der Waals surface area contributed by atoms with E-state index in [2.05, 4.69) is 39.0 Å². The second-order valence-corrected chi connectivity index (χ2v) is 10.6. The van der Waals surface area contributed by atoms with E-state index >= 15 is 0 Å². The van der Waals surface area contributed by atoms with Crippen molar-refractivity contribution in [2.24, 2.45) is 17.8 Å². The average molecular weight is 413 g/mol. The van der Waals surface area contributed by atoms with Crippen LogP contribution in [-0.2, 0) is 9.53 Å². The fourth-order valence-corrected chi connectivity index (χ4v) is 6.56.